The first-order valence-corrected chi connectivity index (χ1v) is 39.0. The number of ketones is 1. The average Bonchev–Trinajstić information content (AvgIpc) is 1.61. The molecular formula is C79H80Br3ClN12O7S3. The van der Waals surface area contributed by atoms with E-state index < -0.39 is 0 Å². The molecule has 0 bridgehead atoms. The molecule has 26 heteroatoms. The van der Waals surface area contributed by atoms with Crippen LogP contribution in [0.3, 0.4) is 0 Å². The lowest BCUT2D eigenvalue weighted by Gasteiger charge is -2.18. The third-order valence-electron chi connectivity index (χ3n) is 17.6. The number of aromatic amines is 2. The van der Waals surface area contributed by atoms with Crippen LogP contribution in [0.15, 0.2) is 152 Å². The number of rotatable bonds is 21. The van der Waals surface area contributed by atoms with Gasteiger partial charge in [-0.15, -0.1) is 34.3 Å². The van der Waals surface area contributed by atoms with Gasteiger partial charge in [0.2, 0.25) is 11.8 Å². The number of hydrogen-bond donors (Lipinski definition) is 8. The van der Waals surface area contributed by atoms with E-state index in [1.807, 2.05) is 122 Å². The third-order valence-corrected chi connectivity index (χ3v) is 21.5. The molecule has 0 spiro atoms. The van der Waals surface area contributed by atoms with Crippen molar-refractivity contribution in [3.63, 3.8) is 0 Å². The van der Waals surface area contributed by atoms with E-state index in [4.69, 9.17) is 39.5 Å². The molecule has 544 valence electrons. The number of H-pyrrole nitrogens is 2. The van der Waals surface area contributed by atoms with Gasteiger partial charge in [0.15, 0.2) is 12.1 Å². The summed E-state index contributed by atoms with van der Waals surface area (Å²) < 4.78 is 3.12. The number of thiocarbonyl (C=S) groups is 1. The van der Waals surface area contributed by atoms with Gasteiger partial charge in [0.1, 0.15) is 15.0 Å². The van der Waals surface area contributed by atoms with Gasteiger partial charge in [-0.2, -0.15) is 0 Å². The van der Waals surface area contributed by atoms with E-state index in [1.54, 1.807) is 54.7 Å². The Labute approximate surface area is 654 Å². The maximum Gasteiger partial charge on any atom is 0.256 e. The van der Waals surface area contributed by atoms with Gasteiger partial charge in [-0.1, -0.05) is 136 Å². The molecule has 3 aliphatic heterocycles. The molecule has 10 aromatic rings. The second-order valence-electron chi connectivity index (χ2n) is 24.5. The number of aryl methyl sites for hydroxylation is 2. The minimum absolute atomic E-state index is 0.0276. The molecule has 4 aromatic heterocycles. The van der Waals surface area contributed by atoms with Crippen LogP contribution in [0.25, 0.3) is 55.3 Å². The Morgan fingerprint density at radius 3 is 1.45 bits per heavy atom. The van der Waals surface area contributed by atoms with Crippen molar-refractivity contribution in [2.45, 2.75) is 68.2 Å². The van der Waals surface area contributed by atoms with E-state index in [0.717, 1.165) is 165 Å². The fourth-order valence-electron chi connectivity index (χ4n) is 11.8. The van der Waals surface area contributed by atoms with Gasteiger partial charge in [0.25, 0.3) is 17.7 Å². The highest BCUT2D eigenvalue weighted by Crippen LogP contribution is 2.39. The van der Waals surface area contributed by atoms with Crippen LogP contribution in [-0.4, -0.2) is 135 Å². The number of thiazole rings is 2. The summed E-state index contributed by atoms with van der Waals surface area (Å²) in [5.74, 6) is -0.512. The number of nitrogens with two attached hydrogens (primary N) is 1. The number of aldehydes is 1. The smallest absolute Gasteiger partial charge is 0.256 e. The van der Waals surface area contributed by atoms with Crippen molar-refractivity contribution >= 4 is 170 Å². The van der Waals surface area contributed by atoms with Gasteiger partial charge in [-0.05, 0) is 161 Å². The van der Waals surface area contributed by atoms with Crippen LogP contribution in [0.1, 0.15) is 120 Å². The zero-order chi connectivity index (χ0) is 75.6. The molecule has 19 nitrogen and oxygen atoms in total. The van der Waals surface area contributed by atoms with Gasteiger partial charge in [0, 0.05) is 123 Å². The zero-order valence-corrected chi connectivity index (χ0v) is 67.1. The van der Waals surface area contributed by atoms with Crippen molar-refractivity contribution in [2.75, 3.05) is 74.2 Å². The number of Topliss-reactive ketones (excluding diaryl/α,β-unsaturated/α-hetero) is 1. The standard InChI is InChI=1S/C31H32BrN5O2S.C17H11BrN2OS.C14H23N3O2.C10H8ClNO2.C7H6BrNS/c1-5-37(6-2)14-13-33-30(39)28-18(3)26(34-19(28)4)16-24-23-15-21(9-12-25(23)35-29(24)38)27-17-40-31(36-27)20-7-10-22(32)11-8-20;18-13-4-1-10(2-5-13)17-20-15(9-22-17)11-3-6-14-12(7-11)8-16(21)19-14;1-5-17(6-2)8-7-15-14(19)13-10(3)12(9-18)16-11(13)4;11-5-9(13)6-1-2-8-7(3-6)4-10(14)12-8;8-6-3-1-5(2-4-6)7(9)10/h7-12,15-17,34H,5-6,13-14H2,1-4H3,(H,33,39)(H,35,38);1-7,9H,8H2,(H,19,21);9,16H,5-8H2,1-4H3,(H,15,19);1-3H,4-5H2,(H,12,14);1-4H,(H2,9,10)/b24-16-;;;;. The Kier molecular flexibility index (Phi) is 28.9. The van der Waals surface area contributed by atoms with Crippen molar-refractivity contribution in [3.05, 3.63) is 224 Å². The number of likely N-dealkylation sites (N-methyl/N-ethyl adjacent to an activating group) is 2. The number of amides is 5. The molecule has 7 heterocycles. The maximum atomic E-state index is 13.0. The summed E-state index contributed by atoms with van der Waals surface area (Å²) in [5.41, 5.74) is 24.1. The van der Waals surface area contributed by atoms with Crippen LogP contribution in [-0.2, 0) is 27.2 Å². The molecule has 0 fully saturated rings. The van der Waals surface area contributed by atoms with Crippen LogP contribution in [0, 0.1) is 27.7 Å². The normalized spacial score (nSPS) is 12.6. The Bertz CT molecular complexity index is 4870. The minimum atomic E-state index is -0.169. The molecule has 3 aliphatic rings. The monoisotopic (exact) mass is 1680 g/mol. The first-order chi connectivity index (χ1) is 50.4. The number of nitrogens with zero attached hydrogens (tertiary/aromatic N) is 4. The van der Waals surface area contributed by atoms with Crippen LogP contribution < -0.4 is 32.3 Å². The second-order valence-corrected chi connectivity index (χ2v) is 29.7. The molecule has 0 saturated heterocycles. The van der Waals surface area contributed by atoms with Crippen LogP contribution >= 0.6 is 94.3 Å². The van der Waals surface area contributed by atoms with Gasteiger partial charge in [0.05, 0.1) is 52.5 Å². The SMILES string of the molecule is CCN(CC)CCNC(=O)c1c(C)[nH]c(/C=C2\C(=O)Nc3ccc(-c4csc(-c5ccc(Br)cc5)n4)cc32)c1C.CCN(CC)CCNC(=O)c1c(C)[nH]c(C=O)c1C.NC(=S)c1ccc(Br)cc1.O=C1Cc2cc(-c3csc(-c4ccc(Br)cc4)n3)ccc2N1.O=C1Cc2cc(C(=O)CCl)ccc2N1. The van der Waals surface area contributed by atoms with Crippen molar-refractivity contribution in [1.82, 2.24) is 40.4 Å². The Morgan fingerprint density at radius 2 is 0.990 bits per heavy atom. The highest BCUT2D eigenvalue weighted by atomic mass is 79.9. The van der Waals surface area contributed by atoms with Crippen molar-refractivity contribution < 1.29 is 33.6 Å². The van der Waals surface area contributed by atoms with E-state index in [0.29, 0.717) is 64.4 Å². The lowest BCUT2D eigenvalue weighted by molar-refractivity contribution is -0.115. The number of carbonyl (C=O) groups is 7. The average molecular weight is 1680 g/mol. The number of hydrogen-bond acceptors (Lipinski definition) is 14. The lowest BCUT2D eigenvalue weighted by Crippen LogP contribution is -2.35. The number of fused-ring (bicyclic) bond motifs is 3. The number of benzene rings is 6. The summed E-state index contributed by atoms with van der Waals surface area (Å²) in [5, 5.41) is 20.5. The van der Waals surface area contributed by atoms with Crippen molar-refractivity contribution in [3.8, 4) is 43.7 Å². The quantitative estimate of drug-likeness (QED) is 0.0109. The fraction of sp³-hybridized carbons (Fsp3) is 0.241. The molecule has 9 N–H and O–H groups in total. The molecule has 0 radical (unpaired) electrons. The van der Waals surface area contributed by atoms with E-state index in [9.17, 15) is 33.6 Å². The summed E-state index contributed by atoms with van der Waals surface area (Å²) in [6.45, 7) is 22.5. The maximum absolute atomic E-state index is 13.0. The fourth-order valence-corrected chi connectivity index (χ4v) is 14.5. The molecular weight excluding hydrogens is 1600 g/mol. The Hall–Kier alpha value is -8.89. The van der Waals surface area contributed by atoms with E-state index >= 15 is 0 Å². The van der Waals surface area contributed by atoms with Gasteiger partial charge >= 0.3 is 0 Å². The summed E-state index contributed by atoms with van der Waals surface area (Å²) >= 11 is 23.7. The highest BCUT2D eigenvalue weighted by molar-refractivity contribution is 9.11. The van der Waals surface area contributed by atoms with E-state index in [2.05, 4.69) is 139 Å². The first kappa shape index (κ1) is 80.2. The van der Waals surface area contributed by atoms with Gasteiger partial charge in [-0.25, -0.2) is 9.97 Å². The topological polar surface area (TPSA) is 270 Å². The predicted molar refractivity (Wildman–Crippen MR) is 440 cm³/mol. The molecule has 0 saturated carbocycles. The van der Waals surface area contributed by atoms with Crippen LogP contribution in [0.4, 0.5) is 17.1 Å². The molecule has 0 aliphatic carbocycles. The molecule has 105 heavy (non-hydrogen) atoms. The van der Waals surface area contributed by atoms with Crippen molar-refractivity contribution in [2.24, 2.45) is 5.73 Å². The lowest BCUT2D eigenvalue weighted by atomic mass is 10.0. The summed E-state index contributed by atoms with van der Waals surface area (Å²) in [4.78, 5) is 103. The van der Waals surface area contributed by atoms with Crippen LogP contribution in [0.5, 0.6) is 0 Å². The van der Waals surface area contributed by atoms with Gasteiger partial charge < -0.3 is 52.1 Å². The largest absolute Gasteiger partial charge is 0.389 e. The predicted octanol–water partition coefficient (Wildman–Crippen LogP) is 16.7. The zero-order valence-electron chi connectivity index (χ0n) is 59.2. The number of carbonyl (C=O) groups excluding carboxylic acids is 7. The van der Waals surface area contributed by atoms with E-state index in [-0.39, 0.29) is 41.2 Å². The summed E-state index contributed by atoms with van der Waals surface area (Å²) in [6.07, 6.45) is 3.38. The first-order valence-electron chi connectivity index (χ1n) is 33.9. The summed E-state index contributed by atoms with van der Waals surface area (Å²) in [6, 6.07) is 40.9. The highest BCUT2D eigenvalue weighted by Gasteiger charge is 2.28. The number of alkyl halides is 1. The number of halogens is 4. The number of aromatic nitrogens is 4. The van der Waals surface area contributed by atoms with Gasteiger partial charge in [-0.3, -0.25) is 33.6 Å². The minimum Gasteiger partial charge on any atom is -0.389 e. The Balaban J connectivity index is 0.000000166. The third kappa shape index (κ3) is 21.0. The molecule has 0 unspecified atom stereocenters. The number of anilines is 3. The number of nitrogens with one attached hydrogen (secondary N) is 7. The summed E-state index contributed by atoms with van der Waals surface area (Å²) in [7, 11) is 0. The second kappa shape index (κ2) is 37.9. The molecule has 13 rings (SSSR count). The van der Waals surface area contributed by atoms with E-state index in [1.165, 1.54) is 0 Å². The molecule has 6 aromatic carbocycles. The van der Waals surface area contributed by atoms with Crippen molar-refractivity contribution in [1.29, 1.82) is 0 Å². The molecule has 5 amide bonds. The van der Waals surface area contributed by atoms with Crippen LogP contribution in [0.2, 0.25) is 0 Å². The molecule has 0 atom stereocenters. The Morgan fingerprint density at radius 1 is 0.571 bits per heavy atom.